The summed E-state index contributed by atoms with van der Waals surface area (Å²) in [6.45, 7) is 4.80. The molecule has 11 heavy (non-hydrogen) atoms. The van der Waals surface area contributed by atoms with E-state index in [0.717, 1.165) is 5.92 Å². The maximum absolute atomic E-state index is 3.48. The van der Waals surface area contributed by atoms with E-state index in [9.17, 15) is 0 Å². The van der Waals surface area contributed by atoms with Gasteiger partial charge in [0.2, 0.25) is 0 Å². The molecule has 0 amide bonds. The van der Waals surface area contributed by atoms with Crippen molar-refractivity contribution in [1.82, 2.24) is 5.32 Å². The maximum atomic E-state index is 3.48. The van der Waals surface area contributed by atoms with Crippen LogP contribution in [-0.2, 0) is 0 Å². The molecule has 0 aromatic rings. The summed E-state index contributed by atoms with van der Waals surface area (Å²) in [4.78, 5) is 0. The van der Waals surface area contributed by atoms with Crippen molar-refractivity contribution in [3.8, 4) is 0 Å². The van der Waals surface area contributed by atoms with Gasteiger partial charge in [0, 0.05) is 0 Å². The predicted octanol–water partition coefficient (Wildman–Crippen LogP) is 2.57. The molecule has 0 saturated carbocycles. The van der Waals surface area contributed by atoms with E-state index < -0.39 is 0 Å². The quantitative estimate of drug-likeness (QED) is 0.646. The Bertz CT molecular complexity index is 82.9. The molecule has 1 atom stereocenters. The lowest BCUT2D eigenvalue weighted by Crippen LogP contribution is -2.22. The molecule has 1 heteroatoms. The first kappa shape index (κ1) is 9.05. The standard InChI is InChI=1S/C10H21N/c1-2-5-10-6-3-4-8-11-9-7-10/h10-11H,2-9H2,1H3. The highest BCUT2D eigenvalue weighted by molar-refractivity contribution is 4.64. The monoisotopic (exact) mass is 155 g/mol. The lowest BCUT2D eigenvalue weighted by atomic mass is 9.92. The number of nitrogens with one attached hydrogen (secondary N) is 1. The molecule has 1 saturated heterocycles. The minimum absolute atomic E-state index is 1.02. The van der Waals surface area contributed by atoms with Crippen LogP contribution >= 0.6 is 0 Å². The van der Waals surface area contributed by atoms with Crippen molar-refractivity contribution in [2.24, 2.45) is 5.92 Å². The first-order chi connectivity index (χ1) is 5.43. The van der Waals surface area contributed by atoms with Crippen molar-refractivity contribution < 1.29 is 0 Å². The maximum Gasteiger partial charge on any atom is -0.00463 e. The van der Waals surface area contributed by atoms with Crippen LogP contribution in [0.1, 0.15) is 45.4 Å². The van der Waals surface area contributed by atoms with E-state index in [0.29, 0.717) is 0 Å². The normalized spacial score (nSPS) is 27.5. The third kappa shape index (κ3) is 3.76. The highest BCUT2D eigenvalue weighted by Gasteiger charge is 2.08. The Hall–Kier alpha value is -0.0400. The van der Waals surface area contributed by atoms with Gasteiger partial charge < -0.3 is 5.32 Å². The van der Waals surface area contributed by atoms with Crippen molar-refractivity contribution >= 4 is 0 Å². The SMILES string of the molecule is CCCC1CCCCNCC1. The fourth-order valence-corrected chi connectivity index (χ4v) is 1.96. The zero-order valence-corrected chi connectivity index (χ0v) is 7.73. The fraction of sp³-hybridized carbons (Fsp3) is 1.00. The Morgan fingerprint density at radius 3 is 2.91 bits per heavy atom. The van der Waals surface area contributed by atoms with Crippen molar-refractivity contribution in [3.05, 3.63) is 0 Å². The van der Waals surface area contributed by atoms with Crippen molar-refractivity contribution in [2.45, 2.75) is 45.4 Å². The van der Waals surface area contributed by atoms with Gasteiger partial charge in [-0.1, -0.05) is 32.6 Å². The molecule has 66 valence electrons. The number of rotatable bonds is 2. The van der Waals surface area contributed by atoms with Gasteiger partial charge in [0.15, 0.2) is 0 Å². The van der Waals surface area contributed by atoms with Gasteiger partial charge in [-0.05, 0) is 31.8 Å². The molecule has 1 nitrogen and oxygen atoms in total. The summed E-state index contributed by atoms with van der Waals surface area (Å²) < 4.78 is 0. The average Bonchev–Trinajstić information content (AvgIpc) is 1.94. The molecule has 0 bridgehead atoms. The van der Waals surface area contributed by atoms with Gasteiger partial charge in [-0.25, -0.2) is 0 Å². The molecule has 0 aliphatic carbocycles. The Labute approximate surface area is 70.6 Å². The molecule has 1 aliphatic heterocycles. The lowest BCUT2D eigenvalue weighted by molar-refractivity contribution is 0.366. The zero-order chi connectivity index (χ0) is 7.94. The largest absolute Gasteiger partial charge is 0.317 e. The molecule has 0 spiro atoms. The molecular formula is C10H21N. The van der Waals surface area contributed by atoms with Crippen LogP contribution in [0.2, 0.25) is 0 Å². The summed E-state index contributed by atoms with van der Waals surface area (Å²) in [5.74, 6) is 1.02. The molecular weight excluding hydrogens is 134 g/mol. The molecule has 1 rings (SSSR count). The Morgan fingerprint density at radius 2 is 2.09 bits per heavy atom. The third-order valence-corrected chi connectivity index (χ3v) is 2.64. The minimum Gasteiger partial charge on any atom is -0.317 e. The van der Waals surface area contributed by atoms with E-state index in [2.05, 4.69) is 12.2 Å². The van der Waals surface area contributed by atoms with Crippen molar-refractivity contribution in [1.29, 1.82) is 0 Å². The van der Waals surface area contributed by atoms with E-state index in [-0.39, 0.29) is 0 Å². The van der Waals surface area contributed by atoms with Gasteiger partial charge in [0.1, 0.15) is 0 Å². The van der Waals surface area contributed by atoms with Crippen LogP contribution in [0.15, 0.2) is 0 Å². The van der Waals surface area contributed by atoms with Crippen LogP contribution < -0.4 is 5.32 Å². The topological polar surface area (TPSA) is 12.0 Å². The summed E-state index contributed by atoms with van der Waals surface area (Å²) in [5, 5.41) is 3.48. The van der Waals surface area contributed by atoms with Gasteiger partial charge >= 0.3 is 0 Å². The minimum atomic E-state index is 1.02. The number of hydrogen-bond acceptors (Lipinski definition) is 1. The smallest absolute Gasteiger partial charge is 0.00463 e. The van der Waals surface area contributed by atoms with E-state index in [1.54, 1.807) is 0 Å². The van der Waals surface area contributed by atoms with Crippen molar-refractivity contribution in [3.63, 3.8) is 0 Å². The highest BCUT2D eigenvalue weighted by Crippen LogP contribution is 2.19. The third-order valence-electron chi connectivity index (χ3n) is 2.64. The van der Waals surface area contributed by atoms with Gasteiger partial charge in [-0.2, -0.15) is 0 Å². The first-order valence-corrected chi connectivity index (χ1v) is 5.14. The molecule has 0 aromatic carbocycles. The van der Waals surface area contributed by atoms with Crippen LogP contribution in [0.3, 0.4) is 0 Å². The lowest BCUT2D eigenvalue weighted by Gasteiger charge is -2.19. The molecule has 1 unspecified atom stereocenters. The Balaban J connectivity index is 2.15. The second-order valence-electron chi connectivity index (χ2n) is 3.69. The second kappa shape index (κ2) is 5.59. The van der Waals surface area contributed by atoms with Crippen LogP contribution in [0.25, 0.3) is 0 Å². The van der Waals surface area contributed by atoms with E-state index in [1.807, 2.05) is 0 Å². The highest BCUT2D eigenvalue weighted by atomic mass is 14.8. The average molecular weight is 155 g/mol. The van der Waals surface area contributed by atoms with Crippen LogP contribution in [0.5, 0.6) is 0 Å². The zero-order valence-electron chi connectivity index (χ0n) is 7.73. The summed E-state index contributed by atoms with van der Waals surface area (Å²) in [7, 11) is 0. The predicted molar refractivity (Wildman–Crippen MR) is 49.7 cm³/mol. The molecule has 0 radical (unpaired) electrons. The molecule has 1 fully saturated rings. The number of hydrogen-bond donors (Lipinski definition) is 1. The second-order valence-corrected chi connectivity index (χ2v) is 3.69. The van der Waals surface area contributed by atoms with Gasteiger partial charge in [0.25, 0.3) is 0 Å². The first-order valence-electron chi connectivity index (χ1n) is 5.14. The Kier molecular flexibility index (Phi) is 4.60. The van der Waals surface area contributed by atoms with Gasteiger partial charge in [-0.3, -0.25) is 0 Å². The molecule has 1 N–H and O–H groups in total. The Morgan fingerprint density at radius 1 is 1.18 bits per heavy atom. The van der Waals surface area contributed by atoms with Gasteiger partial charge in [0.05, 0.1) is 0 Å². The fourth-order valence-electron chi connectivity index (χ4n) is 1.96. The summed E-state index contributed by atoms with van der Waals surface area (Å²) in [6.07, 6.45) is 8.54. The van der Waals surface area contributed by atoms with E-state index in [1.165, 1.54) is 51.6 Å². The molecule has 1 heterocycles. The van der Waals surface area contributed by atoms with E-state index >= 15 is 0 Å². The summed E-state index contributed by atoms with van der Waals surface area (Å²) in [6, 6.07) is 0. The summed E-state index contributed by atoms with van der Waals surface area (Å²) in [5.41, 5.74) is 0. The van der Waals surface area contributed by atoms with Crippen LogP contribution in [0.4, 0.5) is 0 Å². The molecule has 0 aromatic heterocycles. The van der Waals surface area contributed by atoms with Crippen LogP contribution in [0, 0.1) is 5.92 Å². The molecule has 1 aliphatic rings. The van der Waals surface area contributed by atoms with Crippen LogP contribution in [-0.4, -0.2) is 13.1 Å². The van der Waals surface area contributed by atoms with E-state index in [4.69, 9.17) is 0 Å². The van der Waals surface area contributed by atoms with Gasteiger partial charge in [-0.15, -0.1) is 0 Å². The van der Waals surface area contributed by atoms with Crippen molar-refractivity contribution in [2.75, 3.05) is 13.1 Å². The summed E-state index contributed by atoms with van der Waals surface area (Å²) >= 11 is 0.